The number of ether oxygens (including phenoxy) is 4. The fraction of sp³-hybridized carbons (Fsp3) is 0.444. The lowest BCUT2D eigenvalue weighted by Gasteiger charge is -2.29. The van der Waals surface area contributed by atoms with Gasteiger partial charge in [0.05, 0.1) is 26.9 Å². The van der Waals surface area contributed by atoms with Gasteiger partial charge in [0, 0.05) is 37.5 Å². The topological polar surface area (TPSA) is 81.0 Å². The van der Waals surface area contributed by atoms with Crippen LogP contribution >= 0.6 is 0 Å². The molecule has 1 aromatic carbocycles. The van der Waals surface area contributed by atoms with Crippen LogP contribution in [0.3, 0.4) is 0 Å². The maximum absolute atomic E-state index is 11.9. The molecule has 1 heterocycles. The van der Waals surface area contributed by atoms with Gasteiger partial charge in [0.25, 0.3) is 0 Å². The fourth-order valence-electron chi connectivity index (χ4n) is 2.43. The SMILES string of the molecule is COCCOC(=O)/C(C#N)=C/c1ccc(N2CCOCC2)cc1OC. The number of hydrogen-bond donors (Lipinski definition) is 0. The molecule has 0 spiro atoms. The molecule has 1 saturated heterocycles. The van der Waals surface area contributed by atoms with Crippen molar-refractivity contribution in [3.63, 3.8) is 0 Å². The van der Waals surface area contributed by atoms with E-state index in [-0.39, 0.29) is 18.8 Å². The molecule has 1 aromatic rings. The molecular formula is C18H22N2O5. The van der Waals surface area contributed by atoms with Crippen molar-refractivity contribution in [1.29, 1.82) is 5.26 Å². The fourth-order valence-corrected chi connectivity index (χ4v) is 2.43. The lowest BCUT2D eigenvalue weighted by molar-refractivity contribution is -0.139. The van der Waals surface area contributed by atoms with Crippen LogP contribution in [0.15, 0.2) is 23.8 Å². The maximum atomic E-state index is 11.9. The molecule has 7 heteroatoms. The van der Waals surface area contributed by atoms with E-state index >= 15 is 0 Å². The number of hydrogen-bond acceptors (Lipinski definition) is 7. The van der Waals surface area contributed by atoms with E-state index in [4.69, 9.17) is 18.9 Å². The number of carbonyl (C=O) groups excluding carboxylic acids is 1. The van der Waals surface area contributed by atoms with Crippen molar-refractivity contribution in [3.05, 3.63) is 29.3 Å². The van der Waals surface area contributed by atoms with E-state index in [1.165, 1.54) is 13.2 Å². The number of nitrogens with zero attached hydrogens (tertiary/aromatic N) is 2. The van der Waals surface area contributed by atoms with Crippen LogP contribution in [0.2, 0.25) is 0 Å². The monoisotopic (exact) mass is 346 g/mol. The zero-order chi connectivity index (χ0) is 18.1. The predicted molar refractivity (Wildman–Crippen MR) is 92.5 cm³/mol. The molecule has 0 N–H and O–H groups in total. The summed E-state index contributed by atoms with van der Waals surface area (Å²) >= 11 is 0. The number of nitriles is 1. The van der Waals surface area contributed by atoms with Gasteiger partial charge in [0.1, 0.15) is 24.0 Å². The lowest BCUT2D eigenvalue weighted by atomic mass is 10.1. The van der Waals surface area contributed by atoms with E-state index in [2.05, 4.69) is 4.90 Å². The summed E-state index contributed by atoms with van der Waals surface area (Å²) < 4.78 is 20.6. The van der Waals surface area contributed by atoms with Crippen molar-refractivity contribution < 1.29 is 23.7 Å². The summed E-state index contributed by atoms with van der Waals surface area (Å²) in [5, 5.41) is 9.22. The smallest absolute Gasteiger partial charge is 0.348 e. The molecule has 0 unspecified atom stereocenters. The third-order valence-electron chi connectivity index (χ3n) is 3.75. The Kier molecular flexibility index (Phi) is 7.26. The van der Waals surface area contributed by atoms with Gasteiger partial charge >= 0.3 is 5.97 Å². The molecule has 0 aliphatic carbocycles. The minimum absolute atomic E-state index is 0.0893. The molecule has 1 aliphatic heterocycles. The summed E-state index contributed by atoms with van der Waals surface area (Å²) in [4.78, 5) is 14.1. The molecule has 7 nitrogen and oxygen atoms in total. The Hall–Kier alpha value is -2.56. The second-order valence-electron chi connectivity index (χ2n) is 5.32. The van der Waals surface area contributed by atoms with Gasteiger partial charge in [-0.2, -0.15) is 5.26 Å². The van der Waals surface area contributed by atoms with Gasteiger partial charge in [-0.25, -0.2) is 4.79 Å². The molecule has 25 heavy (non-hydrogen) atoms. The summed E-state index contributed by atoms with van der Waals surface area (Å²) in [6.45, 7) is 3.39. The van der Waals surface area contributed by atoms with E-state index < -0.39 is 5.97 Å². The van der Waals surface area contributed by atoms with Crippen LogP contribution in [0.4, 0.5) is 5.69 Å². The van der Waals surface area contributed by atoms with Crippen LogP contribution in [0.5, 0.6) is 5.75 Å². The molecule has 0 saturated carbocycles. The van der Waals surface area contributed by atoms with E-state index in [1.807, 2.05) is 24.3 Å². The number of esters is 1. The highest BCUT2D eigenvalue weighted by Gasteiger charge is 2.15. The average Bonchev–Trinajstić information content (AvgIpc) is 2.66. The molecule has 134 valence electrons. The maximum Gasteiger partial charge on any atom is 0.348 e. The van der Waals surface area contributed by atoms with Gasteiger partial charge in [0.2, 0.25) is 0 Å². The Morgan fingerprint density at radius 1 is 1.32 bits per heavy atom. The largest absolute Gasteiger partial charge is 0.496 e. The van der Waals surface area contributed by atoms with Crippen molar-refractivity contribution >= 4 is 17.7 Å². The van der Waals surface area contributed by atoms with Gasteiger partial charge < -0.3 is 23.8 Å². The van der Waals surface area contributed by atoms with Gasteiger partial charge in [-0.05, 0) is 18.2 Å². The predicted octanol–water partition coefficient (Wildman–Crippen LogP) is 1.63. The first kappa shape index (κ1) is 18.8. The third kappa shape index (κ3) is 5.21. The molecule has 0 aromatic heterocycles. The molecule has 0 radical (unpaired) electrons. The highest BCUT2D eigenvalue weighted by molar-refractivity contribution is 5.98. The molecule has 1 aliphatic rings. The highest BCUT2D eigenvalue weighted by Crippen LogP contribution is 2.28. The zero-order valence-electron chi connectivity index (χ0n) is 14.5. The minimum Gasteiger partial charge on any atom is -0.496 e. The van der Waals surface area contributed by atoms with E-state index in [0.717, 1.165) is 18.8 Å². The Bertz CT molecular complexity index is 660. The molecule has 1 fully saturated rings. The quantitative estimate of drug-likeness (QED) is 0.321. The third-order valence-corrected chi connectivity index (χ3v) is 3.75. The van der Waals surface area contributed by atoms with E-state index in [9.17, 15) is 10.1 Å². The minimum atomic E-state index is -0.682. The molecule has 0 amide bonds. The van der Waals surface area contributed by atoms with Crippen molar-refractivity contribution in [2.75, 3.05) is 58.6 Å². The lowest BCUT2D eigenvalue weighted by Crippen LogP contribution is -2.36. The number of morpholine rings is 1. The number of methoxy groups -OCH3 is 2. The Morgan fingerprint density at radius 2 is 2.08 bits per heavy atom. The Balaban J connectivity index is 2.19. The normalized spacial score (nSPS) is 14.8. The molecular weight excluding hydrogens is 324 g/mol. The summed E-state index contributed by atoms with van der Waals surface area (Å²) in [5.74, 6) is -0.0970. The van der Waals surface area contributed by atoms with Crippen LogP contribution in [-0.2, 0) is 19.0 Å². The molecule has 0 atom stereocenters. The van der Waals surface area contributed by atoms with Crippen LogP contribution in [0, 0.1) is 11.3 Å². The van der Waals surface area contributed by atoms with E-state index in [0.29, 0.717) is 24.5 Å². The first-order valence-electron chi connectivity index (χ1n) is 7.98. The standard InChI is InChI=1S/C18H22N2O5/c1-22-9-10-25-18(21)15(13-19)11-14-3-4-16(12-17(14)23-2)20-5-7-24-8-6-20/h3-4,11-12H,5-10H2,1-2H3/b15-11+. The second kappa shape index (κ2) is 9.67. The summed E-state index contributed by atoms with van der Waals surface area (Å²) in [7, 11) is 3.06. The van der Waals surface area contributed by atoms with Crippen LogP contribution in [0.1, 0.15) is 5.56 Å². The highest BCUT2D eigenvalue weighted by atomic mass is 16.6. The van der Waals surface area contributed by atoms with Gasteiger partial charge in [0.15, 0.2) is 0 Å². The van der Waals surface area contributed by atoms with Crippen molar-refractivity contribution in [2.45, 2.75) is 0 Å². The van der Waals surface area contributed by atoms with Gasteiger partial charge in [-0.15, -0.1) is 0 Å². The molecule has 0 bridgehead atoms. The summed E-state index contributed by atoms with van der Waals surface area (Å²) in [6.07, 6.45) is 1.47. The summed E-state index contributed by atoms with van der Waals surface area (Å²) in [5.41, 5.74) is 1.56. The van der Waals surface area contributed by atoms with Crippen LogP contribution in [0.25, 0.3) is 6.08 Å². The first-order chi connectivity index (χ1) is 12.2. The van der Waals surface area contributed by atoms with Gasteiger partial charge in [-0.3, -0.25) is 0 Å². The number of carbonyl (C=O) groups is 1. The van der Waals surface area contributed by atoms with Crippen molar-refractivity contribution in [2.24, 2.45) is 0 Å². The average molecular weight is 346 g/mol. The summed E-state index contributed by atoms with van der Waals surface area (Å²) in [6, 6.07) is 7.52. The molecule has 2 rings (SSSR count). The zero-order valence-corrected chi connectivity index (χ0v) is 14.5. The van der Waals surface area contributed by atoms with Gasteiger partial charge in [-0.1, -0.05) is 0 Å². The second-order valence-corrected chi connectivity index (χ2v) is 5.32. The first-order valence-corrected chi connectivity index (χ1v) is 7.98. The number of rotatable bonds is 7. The van der Waals surface area contributed by atoms with Crippen molar-refractivity contribution in [3.8, 4) is 11.8 Å². The Morgan fingerprint density at radius 3 is 2.72 bits per heavy atom. The number of benzene rings is 1. The Labute approximate surface area is 147 Å². The van der Waals surface area contributed by atoms with Crippen LogP contribution < -0.4 is 9.64 Å². The van der Waals surface area contributed by atoms with Crippen molar-refractivity contribution in [1.82, 2.24) is 0 Å². The van der Waals surface area contributed by atoms with E-state index in [1.54, 1.807) is 7.11 Å². The van der Waals surface area contributed by atoms with Crippen LogP contribution in [-0.4, -0.2) is 59.7 Å². The number of anilines is 1.